The molecule has 1 N–H and O–H groups in total. The fourth-order valence-corrected chi connectivity index (χ4v) is 2.29. The van der Waals surface area contributed by atoms with E-state index >= 15 is 0 Å². The summed E-state index contributed by atoms with van der Waals surface area (Å²) in [5.41, 5.74) is 1.25. The molecule has 2 unspecified atom stereocenters. The number of hydrogen-bond donors (Lipinski definition) is 1. The summed E-state index contributed by atoms with van der Waals surface area (Å²) >= 11 is 0. The quantitative estimate of drug-likeness (QED) is 0.878. The number of pyridine rings is 1. The second kappa shape index (κ2) is 5.94. The molecule has 0 radical (unpaired) electrons. The third kappa shape index (κ3) is 2.52. The van der Waals surface area contributed by atoms with Gasteiger partial charge in [-0.15, -0.1) is 0 Å². The van der Waals surface area contributed by atoms with Crippen molar-refractivity contribution in [2.24, 2.45) is 0 Å². The highest BCUT2D eigenvalue weighted by Crippen LogP contribution is 2.26. The van der Waals surface area contributed by atoms with E-state index in [1.165, 1.54) is 16.3 Å². The maximum atomic E-state index is 5.49. The third-order valence-electron chi connectivity index (χ3n) is 3.32. The summed E-state index contributed by atoms with van der Waals surface area (Å²) in [6, 6.07) is 8.57. The van der Waals surface area contributed by atoms with Crippen molar-refractivity contribution in [3.05, 3.63) is 42.2 Å². The van der Waals surface area contributed by atoms with Crippen LogP contribution in [0.5, 0.6) is 0 Å². The molecule has 0 aliphatic carbocycles. The lowest BCUT2D eigenvalue weighted by Crippen LogP contribution is -2.31. The molecule has 96 valence electrons. The van der Waals surface area contributed by atoms with E-state index in [2.05, 4.69) is 42.3 Å². The van der Waals surface area contributed by atoms with Gasteiger partial charge in [0.15, 0.2) is 0 Å². The highest BCUT2D eigenvalue weighted by molar-refractivity contribution is 5.85. The van der Waals surface area contributed by atoms with E-state index in [4.69, 9.17) is 4.74 Å². The average Bonchev–Trinajstić information content (AvgIpc) is 2.43. The van der Waals surface area contributed by atoms with Crippen LogP contribution in [0.15, 0.2) is 36.7 Å². The van der Waals surface area contributed by atoms with Gasteiger partial charge in [-0.1, -0.05) is 25.1 Å². The number of rotatable bonds is 5. The van der Waals surface area contributed by atoms with Crippen molar-refractivity contribution in [3.8, 4) is 0 Å². The first-order chi connectivity index (χ1) is 8.77. The zero-order valence-electron chi connectivity index (χ0n) is 11.2. The van der Waals surface area contributed by atoms with E-state index in [9.17, 15) is 0 Å². The normalized spacial score (nSPS) is 14.6. The van der Waals surface area contributed by atoms with Crippen molar-refractivity contribution < 1.29 is 4.74 Å². The molecule has 2 rings (SSSR count). The van der Waals surface area contributed by atoms with E-state index in [1.54, 1.807) is 7.11 Å². The molecule has 0 saturated heterocycles. The average molecular weight is 244 g/mol. The minimum Gasteiger partial charge on any atom is -0.380 e. The number of nitrogens with zero attached hydrogens (tertiary/aromatic N) is 1. The molecule has 0 aliphatic heterocycles. The highest BCUT2D eigenvalue weighted by Gasteiger charge is 2.19. The Morgan fingerprint density at radius 1 is 1.33 bits per heavy atom. The molecule has 0 fully saturated rings. The minimum absolute atomic E-state index is 0.121. The van der Waals surface area contributed by atoms with Gasteiger partial charge in [0.25, 0.3) is 0 Å². The van der Waals surface area contributed by atoms with Crippen LogP contribution < -0.4 is 5.32 Å². The molecule has 3 nitrogen and oxygen atoms in total. The summed E-state index contributed by atoms with van der Waals surface area (Å²) in [5.74, 6) is 0. The van der Waals surface area contributed by atoms with Gasteiger partial charge < -0.3 is 10.1 Å². The lowest BCUT2D eigenvalue weighted by Gasteiger charge is -2.25. The zero-order valence-corrected chi connectivity index (χ0v) is 11.2. The standard InChI is InChI=1S/C15H20N2O/c1-4-17-15(11(2)18-3)13-7-5-6-12-8-9-16-10-14(12)13/h5-11,15,17H,4H2,1-3H3. The minimum atomic E-state index is 0.121. The van der Waals surface area contributed by atoms with Crippen LogP contribution in [-0.2, 0) is 4.74 Å². The Kier molecular flexibility index (Phi) is 4.28. The van der Waals surface area contributed by atoms with Crippen molar-refractivity contribution in [1.29, 1.82) is 0 Å². The molecule has 1 heterocycles. The first-order valence-electron chi connectivity index (χ1n) is 6.36. The number of likely N-dealkylation sites (N-methyl/N-ethyl adjacent to an activating group) is 1. The van der Waals surface area contributed by atoms with Crippen LogP contribution in [0.3, 0.4) is 0 Å². The van der Waals surface area contributed by atoms with Crippen LogP contribution in [0.2, 0.25) is 0 Å². The predicted molar refractivity (Wildman–Crippen MR) is 74.6 cm³/mol. The number of nitrogens with one attached hydrogen (secondary N) is 1. The number of ether oxygens (including phenoxy) is 1. The molecule has 0 bridgehead atoms. The summed E-state index contributed by atoms with van der Waals surface area (Å²) in [6.07, 6.45) is 3.88. The van der Waals surface area contributed by atoms with Gasteiger partial charge in [0.2, 0.25) is 0 Å². The van der Waals surface area contributed by atoms with E-state index < -0.39 is 0 Å². The second-order valence-electron chi connectivity index (χ2n) is 4.42. The van der Waals surface area contributed by atoms with Gasteiger partial charge in [-0.05, 0) is 30.5 Å². The maximum Gasteiger partial charge on any atom is 0.0738 e. The summed E-state index contributed by atoms with van der Waals surface area (Å²) < 4.78 is 5.49. The molecule has 18 heavy (non-hydrogen) atoms. The molecule has 1 aromatic heterocycles. The van der Waals surface area contributed by atoms with Crippen molar-refractivity contribution >= 4 is 10.8 Å². The van der Waals surface area contributed by atoms with E-state index in [0.717, 1.165) is 6.54 Å². The van der Waals surface area contributed by atoms with Gasteiger partial charge in [-0.25, -0.2) is 0 Å². The molecule has 0 saturated carbocycles. The van der Waals surface area contributed by atoms with Crippen molar-refractivity contribution in [2.45, 2.75) is 26.0 Å². The number of hydrogen-bond acceptors (Lipinski definition) is 3. The van der Waals surface area contributed by atoms with Gasteiger partial charge in [0.1, 0.15) is 0 Å². The van der Waals surface area contributed by atoms with Gasteiger partial charge >= 0.3 is 0 Å². The summed E-state index contributed by atoms with van der Waals surface area (Å²) in [4.78, 5) is 4.23. The lowest BCUT2D eigenvalue weighted by molar-refractivity contribution is 0.0840. The summed E-state index contributed by atoms with van der Waals surface area (Å²) in [5, 5.41) is 5.90. The van der Waals surface area contributed by atoms with Gasteiger partial charge in [-0.3, -0.25) is 4.98 Å². The second-order valence-corrected chi connectivity index (χ2v) is 4.42. The van der Waals surface area contributed by atoms with E-state index in [-0.39, 0.29) is 12.1 Å². The first-order valence-corrected chi connectivity index (χ1v) is 6.36. The molecule has 3 heteroatoms. The predicted octanol–water partition coefficient (Wildman–Crippen LogP) is 2.92. The number of benzene rings is 1. The van der Waals surface area contributed by atoms with E-state index in [1.807, 2.05) is 18.5 Å². The third-order valence-corrected chi connectivity index (χ3v) is 3.32. The number of methoxy groups -OCH3 is 1. The van der Waals surface area contributed by atoms with Crippen LogP contribution in [0.25, 0.3) is 10.8 Å². The molecule has 2 aromatic rings. The maximum absolute atomic E-state index is 5.49. The zero-order chi connectivity index (χ0) is 13.0. The summed E-state index contributed by atoms with van der Waals surface area (Å²) in [7, 11) is 1.75. The molecular weight excluding hydrogens is 224 g/mol. The Labute approximate surface area is 108 Å². The lowest BCUT2D eigenvalue weighted by atomic mass is 9.97. The SMILES string of the molecule is CCNC(c1cccc2ccncc12)C(C)OC. The van der Waals surface area contributed by atoms with Crippen molar-refractivity contribution in [2.75, 3.05) is 13.7 Å². The van der Waals surface area contributed by atoms with Gasteiger partial charge in [-0.2, -0.15) is 0 Å². The molecular formula is C15H20N2O. The fraction of sp³-hybridized carbons (Fsp3) is 0.400. The molecule has 0 aliphatic rings. The van der Waals surface area contributed by atoms with Crippen LogP contribution in [-0.4, -0.2) is 24.7 Å². The monoisotopic (exact) mass is 244 g/mol. The summed E-state index contributed by atoms with van der Waals surface area (Å²) in [6.45, 7) is 5.11. The Balaban J connectivity index is 2.49. The van der Waals surface area contributed by atoms with Crippen molar-refractivity contribution in [3.63, 3.8) is 0 Å². The van der Waals surface area contributed by atoms with Gasteiger partial charge in [0.05, 0.1) is 12.1 Å². The molecule has 0 spiro atoms. The highest BCUT2D eigenvalue weighted by atomic mass is 16.5. The first kappa shape index (κ1) is 13.0. The van der Waals surface area contributed by atoms with Crippen LogP contribution in [0, 0.1) is 0 Å². The smallest absolute Gasteiger partial charge is 0.0738 e. The number of aromatic nitrogens is 1. The Hall–Kier alpha value is -1.45. The largest absolute Gasteiger partial charge is 0.380 e. The topological polar surface area (TPSA) is 34.2 Å². The van der Waals surface area contributed by atoms with Crippen LogP contribution >= 0.6 is 0 Å². The van der Waals surface area contributed by atoms with Crippen LogP contribution in [0.1, 0.15) is 25.5 Å². The van der Waals surface area contributed by atoms with Gasteiger partial charge in [0, 0.05) is 24.9 Å². The fourth-order valence-electron chi connectivity index (χ4n) is 2.29. The molecule has 0 amide bonds. The Bertz CT molecular complexity index is 507. The van der Waals surface area contributed by atoms with E-state index in [0.29, 0.717) is 0 Å². The number of fused-ring (bicyclic) bond motifs is 1. The van der Waals surface area contributed by atoms with Crippen molar-refractivity contribution in [1.82, 2.24) is 10.3 Å². The molecule has 2 atom stereocenters. The molecule has 1 aromatic carbocycles. The van der Waals surface area contributed by atoms with Crippen LogP contribution in [0.4, 0.5) is 0 Å². The Morgan fingerprint density at radius 3 is 2.89 bits per heavy atom. The Morgan fingerprint density at radius 2 is 2.17 bits per heavy atom.